The van der Waals surface area contributed by atoms with Crippen molar-refractivity contribution in [3.05, 3.63) is 58.1 Å². The number of alkyl halides is 3. The van der Waals surface area contributed by atoms with Crippen LogP contribution >= 0.6 is 0 Å². The number of nitro benzene ring substituents is 1. The molecule has 0 aliphatic heterocycles. The maximum Gasteiger partial charge on any atom is 0.573 e. The fourth-order valence-corrected chi connectivity index (χ4v) is 1.81. The molecule has 132 valence electrons. The number of carbonyl (C=O) groups excluding carboxylic acids is 1. The van der Waals surface area contributed by atoms with E-state index in [2.05, 4.69) is 4.74 Å². The Balaban J connectivity index is 2.19. The summed E-state index contributed by atoms with van der Waals surface area (Å²) in [5, 5.41) is 10.8. The number of methoxy groups -OCH3 is 1. The van der Waals surface area contributed by atoms with E-state index in [0.29, 0.717) is 0 Å². The van der Waals surface area contributed by atoms with E-state index >= 15 is 0 Å². The van der Waals surface area contributed by atoms with Crippen LogP contribution in [0.3, 0.4) is 0 Å². The summed E-state index contributed by atoms with van der Waals surface area (Å²) in [4.78, 5) is 22.1. The Bertz CT molecular complexity index is 789. The maximum atomic E-state index is 12.1. The first-order valence-electron chi connectivity index (χ1n) is 6.60. The monoisotopic (exact) mass is 357 g/mol. The predicted molar refractivity (Wildman–Crippen MR) is 77.7 cm³/mol. The summed E-state index contributed by atoms with van der Waals surface area (Å²) in [6.07, 6.45) is -4.85. The van der Waals surface area contributed by atoms with E-state index in [0.717, 1.165) is 30.3 Å². The first kappa shape index (κ1) is 18.0. The molecule has 0 radical (unpaired) electrons. The quantitative estimate of drug-likeness (QED) is 0.351. The molecule has 0 heterocycles. The van der Waals surface area contributed by atoms with Gasteiger partial charge in [-0.05, 0) is 30.3 Å². The van der Waals surface area contributed by atoms with Crippen molar-refractivity contribution in [2.24, 2.45) is 0 Å². The number of ether oxygens (including phenoxy) is 3. The highest BCUT2D eigenvalue weighted by molar-refractivity contribution is 5.91. The Morgan fingerprint density at radius 3 is 2.24 bits per heavy atom. The fourth-order valence-electron chi connectivity index (χ4n) is 1.81. The third-order valence-electron chi connectivity index (χ3n) is 2.88. The Morgan fingerprint density at radius 1 is 1.08 bits per heavy atom. The van der Waals surface area contributed by atoms with Crippen LogP contribution in [0.4, 0.5) is 18.9 Å². The largest absolute Gasteiger partial charge is 0.573 e. The zero-order valence-corrected chi connectivity index (χ0v) is 12.6. The van der Waals surface area contributed by atoms with E-state index in [-0.39, 0.29) is 22.7 Å². The molecule has 0 amide bonds. The first-order valence-corrected chi connectivity index (χ1v) is 6.60. The SMILES string of the molecule is COc1ccc([N+](=O)[O-])cc1OC(=O)c1ccc(OC(F)(F)F)cc1. The summed E-state index contributed by atoms with van der Waals surface area (Å²) >= 11 is 0. The molecular weight excluding hydrogens is 347 g/mol. The van der Waals surface area contributed by atoms with Crippen molar-refractivity contribution in [3.8, 4) is 17.2 Å². The highest BCUT2D eigenvalue weighted by Crippen LogP contribution is 2.32. The Labute approximate surface area is 138 Å². The van der Waals surface area contributed by atoms with Crippen LogP contribution in [0.25, 0.3) is 0 Å². The van der Waals surface area contributed by atoms with Crippen LogP contribution in [0.2, 0.25) is 0 Å². The standard InChI is InChI=1S/C15H10F3NO6/c1-23-12-7-4-10(19(21)22)8-13(12)24-14(20)9-2-5-11(6-3-9)25-15(16,17)18/h2-8H,1H3. The molecule has 7 nitrogen and oxygen atoms in total. The average molecular weight is 357 g/mol. The normalized spacial score (nSPS) is 10.9. The number of hydrogen-bond donors (Lipinski definition) is 0. The number of nitro groups is 1. The zero-order chi connectivity index (χ0) is 18.6. The van der Waals surface area contributed by atoms with Gasteiger partial charge in [0, 0.05) is 6.07 Å². The van der Waals surface area contributed by atoms with Crippen molar-refractivity contribution in [1.29, 1.82) is 0 Å². The summed E-state index contributed by atoms with van der Waals surface area (Å²) in [6.45, 7) is 0. The molecular formula is C15H10F3NO6. The molecule has 0 unspecified atom stereocenters. The van der Waals surface area contributed by atoms with Crippen LogP contribution in [0, 0.1) is 10.1 Å². The average Bonchev–Trinajstić information content (AvgIpc) is 2.53. The van der Waals surface area contributed by atoms with E-state index in [1.165, 1.54) is 19.2 Å². The van der Waals surface area contributed by atoms with Crippen LogP contribution in [-0.4, -0.2) is 24.4 Å². The molecule has 2 aromatic rings. The van der Waals surface area contributed by atoms with Crippen molar-refractivity contribution >= 4 is 11.7 Å². The van der Waals surface area contributed by atoms with E-state index < -0.39 is 23.0 Å². The van der Waals surface area contributed by atoms with Gasteiger partial charge in [-0.25, -0.2) is 4.79 Å². The molecule has 0 aliphatic carbocycles. The number of esters is 1. The molecule has 0 aromatic heterocycles. The van der Waals surface area contributed by atoms with Crippen LogP contribution in [0.1, 0.15) is 10.4 Å². The second-order valence-corrected chi connectivity index (χ2v) is 4.55. The van der Waals surface area contributed by atoms with Crippen molar-refractivity contribution < 1.29 is 37.1 Å². The summed E-state index contributed by atoms with van der Waals surface area (Å²) in [6, 6.07) is 7.42. The lowest BCUT2D eigenvalue weighted by molar-refractivity contribution is -0.384. The van der Waals surface area contributed by atoms with Gasteiger partial charge >= 0.3 is 12.3 Å². The van der Waals surface area contributed by atoms with E-state index in [1.54, 1.807) is 0 Å². The minimum absolute atomic E-state index is 0.0796. The van der Waals surface area contributed by atoms with E-state index in [1.807, 2.05) is 0 Å². The summed E-state index contributed by atoms with van der Waals surface area (Å²) in [5.41, 5.74) is -0.402. The van der Waals surface area contributed by atoms with Gasteiger partial charge < -0.3 is 14.2 Å². The third-order valence-corrected chi connectivity index (χ3v) is 2.88. The van der Waals surface area contributed by atoms with Gasteiger partial charge in [0.15, 0.2) is 11.5 Å². The van der Waals surface area contributed by atoms with Gasteiger partial charge in [0.05, 0.1) is 23.7 Å². The lowest BCUT2D eigenvalue weighted by Crippen LogP contribution is -2.17. The van der Waals surface area contributed by atoms with Gasteiger partial charge in [-0.2, -0.15) is 0 Å². The Hall–Kier alpha value is -3.30. The molecule has 0 N–H and O–H groups in total. The minimum Gasteiger partial charge on any atom is -0.493 e. The number of non-ortho nitro benzene ring substituents is 1. The predicted octanol–water partition coefficient (Wildman–Crippen LogP) is 3.72. The molecule has 0 aliphatic rings. The highest BCUT2D eigenvalue weighted by Gasteiger charge is 2.31. The van der Waals surface area contributed by atoms with Crippen LogP contribution in [0.15, 0.2) is 42.5 Å². The second-order valence-electron chi connectivity index (χ2n) is 4.55. The Morgan fingerprint density at radius 2 is 1.72 bits per heavy atom. The van der Waals surface area contributed by atoms with Crippen LogP contribution < -0.4 is 14.2 Å². The number of halogens is 3. The lowest BCUT2D eigenvalue weighted by Gasteiger charge is -2.10. The van der Waals surface area contributed by atoms with Gasteiger partial charge in [-0.15, -0.1) is 13.2 Å². The minimum atomic E-state index is -4.85. The van der Waals surface area contributed by atoms with Gasteiger partial charge in [0.25, 0.3) is 5.69 Å². The second kappa shape index (κ2) is 7.07. The molecule has 2 rings (SSSR count). The van der Waals surface area contributed by atoms with Crippen molar-refractivity contribution in [2.45, 2.75) is 6.36 Å². The molecule has 0 saturated carbocycles. The molecule has 0 spiro atoms. The topological polar surface area (TPSA) is 87.9 Å². The number of carbonyl (C=O) groups is 1. The van der Waals surface area contributed by atoms with Gasteiger partial charge in [0.2, 0.25) is 0 Å². The molecule has 0 bridgehead atoms. The van der Waals surface area contributed by atoms with E-state index in [9.17, 15) is 28.1 Å². The maximum absolute atomic E-state index is 12.1. The lowest BCUT2D eigenvalue weighted by atomic mass is 10.2. The fraction of sp³-hybridized carbons (Fsp3) is 0.133. The zero-order valence-electron chi connectivity index (χ0n) is 12.6. The summed E-state index contributed by atoms with van der Waals surface area (Å²) in [5.74, 6) is -1.55. The van der Waals surface area contributed by atoms with E-state index in [4.69, 9.17) is 9.47 Å². The van der Waals surface area contributed by atoms with Crippen LogP contribution in [0.5, 0.6) is 17.2 Å². The third kappa shape index (κ3) is 4.83. The molecule has 2 aromatic carbocycles. The van der Waals surface area contributed by atoms with Crippen molar-refractivity contribution in [3.63, 3.8) is 0 Å². The van der Waals surface area contributed by atoms with Crippen LogP contribution in [-0.2, 0) is 0 Å². The number of nitrogens with zero attached hydrogens (tertiary/aromatic N) is 1. The van der Waals surface area contributed by atoms with Gasteiger partial charge in [-0.1, -0.05) is 0 Å². The molecule has 0 atom stereocenters. The first-order chi connectivity index (χ1) is 11.7. The van der Waals surface area contributed by atoms with Crippen molar-refractivity contribution in [2.75, 3.05) is 7.11 Å². The highest BCUT2D eigenvalue weighted by atomic mass is 19.4. The van der Waals surface area contributed by atoms with Gasteiger partial charge in [-0.3, -0.25) is 10.1 Å². The molecule has 25 heavy (non-hydrogen) atoms. The molecule has 0 saturated heterocycles. The smallest absolute Gasteiger partial charge is 0.493 e. The summed E-state index contributed by atoms with van der Waals surface area (Å²) < 4.78 is 49.9. The number of benzene rings is 2. The molecule has 10 heteroatoms. The number of rotatable bonds is 5. The number of hydrogen-bond acceptors (Lipinski definition) is 6. The summed E-state index contributed by atoms with van der Waals surface area (Å²) in [7, 11) is 1.28. The Kier molecular flexibility index (Phi) is 5.11. The molecule has 0 fully saturated rings. The van der Waals surface area contributed by atoms with Gasteiger partial charge in [0.1, 0.15) is 5.75 Å². The van der Waals surface area contributed by atoms with Crippen molar-refractivity contribution in [1.82, 2.24) is 0 Å².